The first kappa shape index (κ1) is 20.4. The van der Waals surface area contributed by atoms with Gasteiger partial charge in [-0.1, -0.05) is 0 Å². The molecule has 0 N–H and O–H groups in total. The van der Waals surface area contributed by atoms with Gasteiger partial charge in [-0.2, -0.15) is 0 Å². The van der Waals surface area contributed by atoms with Gasteiger partial charge in [-0.15, -0.1) is 11.3 Å². The Hall–Kier alpha value is -2.87. The highest BCUT2D eigenvalue weighted by Gasteiger charge is 2.23. The van der Waals surface area contributed by atoms with Crippen molar-refractivity contribution in [3.8, 4) is 11.5 Å². The number of carbonyl (C=O) groups is 1. The Balaban J connectivity index is 1.23. The summed E-state index contributed by atoms with van der Waals surface area (Å²) in [7, 11) is 1.64. The van der Waals surface area contributed by atoms with Crippen LogP contribution >= 0.6 is 11.3 Å². The molecule has 4 rings (SSSR count). The van der Waals surface area contributed by atoms with Crippen molar-refractivity contribution >= 4 is 33.3 Å². The Kier molecular flexibility index (Phi) is 6.32. The Labute approximate surface area is 180 Å². The number of aryl methyl sites for hydroxylation is 1. The molecule has 0 spiro atoms. The molecule has 0 bridgehead atoms. The minimum Gasteiger partial charge on any atom is -0.497 e. The minimum absolute atomic E-state index is 0.187. The van der Waals surface area contributed by atoms with Gasteiger partial charge in [0.05, 0.1) is 19.1 Å². The zero-order valence-electron chi connectivity index (χ0n) is 17.3. The molecule has 1 aliphatic rings. The number of fused-ring (bicyclic) bond motifs is 1. The van der Waals surface area contributed by atoms with Crippen LogP contribution in [0.15, 0.2) is 36.7 Å². The van der Waals surface area contributed by atoms with Crippen molar-refractivity contribution in [3.63, 3.8) is 0 Å². The molecule has 1 fully saturated rings. The number of thiophene rings is 1. The first-order valence-electron chi connectivity index (χ1n) is 10.1. The van der Waals surface area contributed by atoms with Gasteiger partial charge in [0, 0.05) is 37.5 Å². The van der Waals surface area contributed by atoms with Gasteiger partial charge < -0.3 is 19.3 Å². The van der Waals surface area contributed by atoms with Crippen LogP contribution < -0.4 is 14.4 Å². The second kappa shape index (κ2) is 9.30. The lowest BCUT2D eigenvalue weighted by Gasteiger charge is -2.35. The van der Waals surface area contributed by atoms with E-state index < -0.39 is 0 Å². The van der Waals surface area contributed by atoms with Crippen molar-refractivity contribution in [1.82, 2.24) is 14.9 Å². The summed E-state index contributed by atoms with van der Waals surface area (Å²) < 4.78 is 10.8. The quantitative estimate of drug-likeness (QED) is 0.539. The van der Waals surface area contributed by atoms with Gasteiger partial charge in [0.1, 0.15) is 28.5 Å². The largest absolute Gasteiger partial charge is 0.497 e. The third kappa shape index (κ3) is 4.64. The number of hydrogen-bond acceptors (Lipinski definition) is 7. The minimum atomic E-state index is 0.187. The number of amides is 1. The summed E-state index contributed by atoms with van der Waals surface area (Å²) >= 11 is 1.69. The number of aromatic nitrogens is 2. The van der Waals surface area contributed by atoms with Gasteiger partial charge in [0.15, 0.2) is 0 Å². The average molecular weight is 427 g/mol. The Morgan fingerprint density at radius 3 is 2.57 bits per heavy atom. The lowest BCUT2D eigenvalue weighted by Crippen LogP contribution is -2.49. The molecule has 158 valence electrons. The van der Waals surface area contributed by atoms with Crippen LogP contribution in [0.4, 0.5) is 5.82 Å². The number of carbonyl (C=O) groups excluding carboxylic acids is 1. The third-order valence-electron chi connectivity index (χ3n) is 5.23. The van der Waals surface area contributed by atoms with E-state index in [-0.39, 0.29) is 5.91 Å². The van der Waals surface area contributed by atoms with Crippen molar-refractivity contribution in [3.05, 3.63) is 41.5 Å². The molecule has 0 atom stereocenters. The third-order valence-corrected chi connectivity index (χ3v) is 6.19. The fourth-order valence-electron chi connectivity index (χ4n) is 3.63. The number of ether oxygens (including phenoxy) is 2. The van der Waals surface area contributed by atoms with E-state index in [2.05, 4.69) is 27.9 Å². The molecule has 1 aliphatic heterocycles. The van der Waals surface area contributed by atoms with E-state index in [9.17, 15) is 4.79 Å². The smallest absolute Gasteiger partial charge is 0.222 e. The molecule has 7 nitrogen and oxygen atoms in total. The average Bonchev–Trinajstić information content (AvgIpc) is 3.17. The van der Waals surface area contributed by atoms with Crippen LogP contribution in [0, 0.1) is 6.92 Å². The maximum Gasteiger partial charge on any atom is 0.222 e. The number of anilines is 1. The number of rotatable bonds is 7. The lowest BCUT2D eigenvalue weighted by molar-refractivity contribution is -0.131. The van der Waals surface area contributed by atoms with Gasteiger partial charge in [-0.05, 0) is 43.7 Å². The highest BCUT2D eigenvalue weighted by molar-refractivity contribution is 7.18. The normalized spacial score (nSPS) is 14.2. The van der Waals surface area contributed by atoms with Crippen LogP contribution in [0.5, 0.6) is 11.5 Å². The Morgan fingerprint density at radius 2 is 1.83 bits per heavy atom. The molecule has 0 saturated carbocycles. The maximum absolute atomic E-state index is 12.6. The van der Waals surface area contributed by atoms with Crippen LogP contribution in [-0.2, 0) is 4.79 Å². The lowest BCUT2D eigenvalue weighted by atomic mass is 10.2. The molecule has 1 aromatic carbocycles. The first-order chi connectivity index (χ1) is 14.6. The predicted molar refractivity (Wildman–Crippen MR) is 119 cm³/mol. The van der Waals surface area contributed by atoms with Crippen molar-refractivity contribution in [2.45, 2.75) is 19.8 Å². The van der Waals surface area contributed by atoms with E-state index >= 15 is 0 Å². The number of methoxy groups -OCH3 is 1. The van der Waals surface area contributed by atoms with Gasteiger partial charge in [0.25, 0.3) is 0 Å². The molecule has 0 radical (unpaired) electrons. The van der Waals surface area contributed by atoms with E-state index in [1.54, 1.807) is 24.8 Å². The number of piperazine rings is 1. The van der Waals surface area contributed by atoms with Crippen LogP contribution in [0.2, 0.25) is 0 Å². The summed E-state index contributed by atoms with van der Waals surface area (Å²) in [5.74, 6) is 2.75. The summed E-state index contributed by atoms with van der Waals surface area (Å²) in [5.41, 5.74) is 0. The van der Waals surface area contributed by atoms with E-state index in [1.807, 2.05) is 29.2 Å². The standard InChI is InChI=1S/C22H26N4O3S/c1-16-14-19-21(23-15-24-22(19)30-16)26-11-9-25(10-12-26)20(27)4-3-13-29-18-7-5-17(28-2)6-8-18/h5-8,14-15H,3-4,9-13H2,1-2H3. The van der Waals surface area contributed by atoms with Crippen LogP contribution in [0.25, 0.3) is 10.2 Å². The zero-order chi connectivity index (χ0) is 20.9. The molecule has 1 amide bonds. The van der Waals surface area contributed by atoms with Crippen molar-refractivity contribution in [2.24, 2.45) is 0 Å². The fraction of sp³-hybridized carbons (Fsp3) is 0.409. The Morgan fingerprint density at radius 1 is 1.10 bits per heavy atom. The molecule has 3 aromatic rings. The van der Waals surface area contributed by atoms with Gasteiger partial charge in [-0.3, -0.25) is 4.79 Å². The van der Waals surface area contributed by atoms with E-state index in [0.717, 1.165) is 40.6 Å². The summed E-state index contributed by atoms with van der Waals surface area (Å²) in [5, 5.41) is 1.11. The molecule has 0 unspecified atom stereocenters. The summed E-state index contributed by atoms with van der Waals surface area (Å²) in [6, 6.07) is 9.62. The highest BCUT2D eigenvalue weighted by atomic mass is 32.1. The topological polar surface area (TPSA) is 67.8 Å². The van der Waals surface area contributed by atoms with Crippen molar-refractivity contribution < 1.29 is 14.3 Å². The highest BCUT2D eigenvalue weighted by Crippen LogP contribution is 2.30. The number of hydrogen-bond donors (Lipinski definition) is 0. The number of benzene rings is 1. The number of nitrogens with zero attached hydrogens (tertiary/aromatic N) is 4. The van der Waals surface area contributed by atoms with Gasteiger partial charge in [0.2, 0.25) is 5.91 Å². The molecule has 1 saturated heterocycles. The molecule has 3 heterocycles. The summed E-state index contributed by atoms with van der Waals surface area (Å²) in [6.45, 7) is 5.61. The van der Waals surface area contributed by atoms with Gasteiger partial charge >= 0.3 is 0 Å². The second-order valence-corrected chi connectivity index (χ2v) is 8.50. The van der Waals surface area contributed by atoms with Crippen LogP contribution in [0.3, 0.4) is 0 Å². The predicted octanol–water partition coefficient (Wildman–Crippen LogP) is 3.52. The van der Waals surface area contributed by atoms with E-state index in [1.165, 1.54) is 4.88 Å². The maximum atomic E-state index is 12.6. The van der Waals surface area contributed by atoms with Crippen molar-refractivity contribution in [1.29, 1.82) is 0 Å². The zero-order valence-corrected chi connectivity index (χ0v) is 18.2. The summed E-state index contributed by atoms with van der Waals surface area (Å²) in [6.07, 6.45) is 2.83. The molecule has 8 heteroatoms. The second-order valence-electron chi connectivity index (χ2n) is 7.27. The molecular weight excluding hydrogens is 400 g/mol. The van der Waals surface area contributed by atoms with Crippen LogP contribution in [0.1, 0.15) is 17.7 Å². The fourth-order valence-corrected chi connectivity index (χ4v) is 4.47. The van der Waals surface area contributed by atoms with Crippen molar-refractivity contribution in [2.75, 3.05) is 44.8 Å². The molecule has 0 aliphatic carbocycles. The van der Waals surface area contributed by atoms with Crippen LogP contribution in [-0.4, -0.2) is 60.7 Å². The van der Waals surface area contributed by atoms with E-state index in [4.69, 9.17) is 9.47 Å². The SMILES string of the molecule is COc1ccc(OCCCC(=O)N2CCN(c3ncnc4sc(C)cc34)CC2)cc1. The van der Waals surface area contributed by atoms with E-state index in [0.29, 0.717) is 32.5 Å². The molecule has 30 heavy (non-hydrogen) atoms. The first-order valence-corrected chi connectivity index (χ1v) is 11.0. The monoisotopic (exact) mass is 426 g/mol. The van der Waals surface area contributed by atoms with Gasteiger partial charge in [-0.25, -0.2) is 9.97 Å². The summed E-state index contributed by atoms with van der Waals surface area (Å²) in [4.78, 5) is 27.9. The molecule has 2 aromatic heterocycles. The Bertz CT molecular complexity index is 997. The molecular formula is C22H26N4O3S.